The topological polar surface area (TPSA) is 92.8 Å². The minimum absolute atomic E-state index is 0.0887. The van der Waals surface area contributed by atoms with Crippen molar-refractivity contribution in [1.82, 2.24) is 0 Å². The Morgan fingerprint density at radius 2 is 1.52 bits per heavy atom. The van der Waals surface area contributed by atoms with E-state index in [1.54, 1.807) is 61.5 Å². The molecule has 0 saturated heterocycles. The molecule has 33 heavy (non-hydrogen) atoms. The number of aryl methyl sites for hydroxylation is 2. The summed E-state index contributed by atoms with van der Waals surface area (Å²) >= 11 is 0. The van der Waals surface area contributed by atoms with Crippen molar-refractivity contribution in [3.63, 3.8) is 0 Å². The molecule has 7 nitrogen and oxygen atoms in total. The van der Waals surface area contributed by atoms with Crippen LogP contribution in [0.15, 0.2) is 77.7 Å². The van der Waals surface area contributed by atoms with E-state index in [0.29, 0.717) is 11.4 Å². The fraction of sp³-hybridized carbons (Fsp3) is 0.200. The number of esters is 1. The van der Waals surface area contributed by atoms with Crippen LogP contribution in [0.5, 0.6) is 0 Å². The second-order valence-electron chi connectivity index (χ2n) is 7.51. The lowest BCUT2D eigenvalue weighted by Crippen LogP contribution is -2.38. The first kappa shape index (κ1) is 24.0. The molecule has 3 aromatic rings. The quantitative estimate of drug-likeness (QED) is 0.499. The molecule has 0 aliphatic rings. The first-order chi connectivity index (χ1) is 15.7. The summed E-state index contributed by atoms with van der Waals surface area (Å²) < 4.78 is 32.9. The monoisotopic (exact) mass is 466 g/mol. The van der Waals surface area contributed by atoms with Gasteiger partial charge in [0.1, 0.15) is 6.54 Å². The number of benzene rings is 3. The maximum Gasteiger partial charge on any atom is 0.338 e. The number of anilines is 2. The molecular weight excluding hydrogens is 440 g/mol. The molecule has 172 valence electrons. The number of carbonyl (C=O) groups is 2. The number of hydrogen-bond donors (Lipinski definition) is 1. The number of sulfonamides is 1. The SMILES string of the molecule is CCOC(=O)c1cccc(NC(=O)CN(c2ccc(C)cc2)S(=O)(=O)c2ccc(C)cc2)c1. The highest BCUT2D eigenvalue weighted by atomic mass is 32.2. The van der Waals surface area contributed by atoms with E-state index in [4.69, 9.17) is 4.74 Å². The van der Waals surface area contributed by atoms with Gasteiger partial charge in [-0.1, -0.05) is 41.5 Å². The van der Waals surface area contributed by atoms with Crippen LogP contribution < -0.4 is 9.62 Å². The van der Waals surface area contributed by atoms with Crippen LogP contribution in [-0.4, -0.2) is 33.4 Å². The summed E-state index contributed by atoms with van der Waals surface area (Å²) in [6, 6.07) is 19.6. The molecule has 0 bridgehead atoms. The minimum Gasteiger partial charge on any atom is -0.462 e. The molecule has 3 rings (SSSR count). The van der Waals surface area contributed by atoms with E-state index in [-0.39, 0.29) is 17.1 Å². The maximum absolute atomic E-state index is 13.4. The second kappa shape index (κ2) is 10.3. The van der Waals surface area contributed by atoms with Gasteiger partial charge in [0.05, 0.1) is 22.8 Å². The first-order valence-electron chi connectivity index (χ1n) is 10.4. The smallest absolute Gasteiger partial charge is 0.338 e. The van der Waals surface area contributed by atoms with Crippen molar-refractivity contribution in [3.05, 3.63) is 89.5 Å². The number of ether oxygens (including phenoxy) is 1. The minimum atomic E-state index is -4.00. The Balaban J connectivity index is 1.88. The number of nitrogens with one attached hydrogen (secondary N) is 1. The normalized spacial score (nSPS) is 11.0. The number of carbonyl (C=O) groups excluding carboxylic acids is 2. The van der Waals surface area contributed by atoms with Crippen molar-refractivity contribution in [2.75, 3.05) is 22.8 Å². The summed E-state index contributed by atoms with van der Waals surface area (Å²) in [4.78, 5) is 24.9. The molecule has 0 aromatic heterocycles. The zero-order chi connectivity index (χ0) is 24.0. The molecule has 0 saturated carbocycles. The summed E-state index contributed by atoms with van der Waals surface area (Å²) in [5.74, 6) is -1.05. The summed E-state index contributed by atoms with van der Waals surface area (Å²) in [7, 11) is -4.00. The van der Waals surface area contributed by atoms with Gasteiger partial charge in [0.15, 0.2) is 0 Å². The molecule has 0 spiro atoms. The van der Waals surface area contributed by atoms with Crippen molar-refractivity contribution >= 4 is 33.3 Å². The Hall–Kier alpha value is -3.65. The average Bonchev–Trinajstić information content (AvgIpc) is 2.79. The van der Waals surface area contributed by atoms with E-state index in [0.717, 1.165) is 15.4 Å². The molecule has 1 N–H and O–H groups in total. The second-order valence-corrected chi connectivity index (χ2v) is 9.37. The van der Waals surface area contributed by atoms with Gasteiger partial charge in [0.25, 0.3) is 10.0 Å². The molecule has 3 aromatic carbocycles. The van der Waals surface area contributed by atoms with Crippen LogP contribution in [0.25, 0.3) is 0 Å². The van der Waals surface area contributed by atoms with Gasteiger partial charge in [-0.05, 0) is 63.2 Å². The maximum atomic E-state index is 13.4. The Bertz CT molecular complexity index is 1240. The fourth-order valence-electron chi connectivity index (χ4n) is 3.13. The predicted molar refractivity (Wildman–Crippen MR) is 128 cm³/mol. The van der Waals surface area contributed by atoms with E-state index < -0.39 is 28.4 Å². The number of amides is 1. The van der Waals surface area contributed by atoms with Gasteiger partial charge in [-0.25, -0.2) is 13.2 Å². The first-order valence-corrected chi connectivity index (χ1v) is 11.9. The van der Waals surface area contributed by atoms with Crippen molar-refractivity contribution < 1.29 is 22.7 Å². The zero-order valence-electron chi connectivity index (χ0n) is 18.7. The number of nitrogens with zero attached hydrogens (tertiary/aromatic N) is 1. The third kappa shape index (κ3) is 5.98. The van der Waals surface area contributed by atoms with Crippen LogP contribution in [0.4, 0.5) is 11.4 Å². The van der Waals surface area contributed by atoms with Gasteiger partial charge in [0.2, 0.25) is 5.91 Å². The van der Waals surface area contributed by atoms with E-state index in [1.807, 2.05) is 13.8 Å². The van der Waals surface area contributed by atoms with Gasteiger partial charge in [-0.3, -0.25) is 9.10 Å². The summed E-state index contributed by atoms with van der Waals surface area (Å²) in [5.41, 5.74) is 2.91. The van der Waals surface area contributed by atoms with Gasteiger partial charge in [0, 0.05) is 5.69 Å². The molecule has 1 amide bonds. The summed E-state index contributed by atoms with van der Waals surface area (Å²) in [6.45, 7) is 5.26. The summed E-state index contributed by atoms with van der Waals surface area (Å²) in [6.07, 6.45) is 0. The standard InChI is InChI=1S/C25H26N2O5S/c1-4-32-25(29)20-6-5-7-21(16-20)26-24(28)17-27(22-12-8-18(2)9-13-22)33(30,31)23-14-10-19(3)11-15-23/h5-16H,4,17H2,1-3H3,(H,26,28). The van der Waals surface area contributed by atoms with Crippen molar-refractivity contribution in [2.24, 2.45) is 0 Å². The van der Waals surface area contributed by atoms with E-state index in [9.17, 15) is 18.0 Å². The zero-order valence-corrected chi connectivity index (χ0v) is 19.6. The van der Waals surface area contributed by atoms with Crippen LogP contribution in [0.3, 0.4) is 0 Å². The van der Waals surface area contributed by atoms with E-state index in [1.165, 1.54) is 18.2 Å². The molecule has 0 radical (unpaired) electrons. The lowest BCUT2D eigenvalue weighted by Gasteiger charge is -2.24. The predicted octanol–water partition coefficient (Wildman–Crippen LogP) is 4.31. The van der Waals surface area contributed by atoms with Gasteiger partial charge < -0.3 is 10.1 Å². The molecule has 0 aliphatic carbocycles. The third-order valence-corrected chi connectivity index (χ3v) is 6.66. The highest BCUT2D eigenvalue weighted by Crippen LogP contribution is 2.24. The molecule has 8 heteroatoms. The van der Waals surface area contributed by atoms with E-state index in [2.05, 4.69) is 5.32 Å². The molecule has 0 unspecified atom stereocenters. The van der Waals surface area contributed by atoms with Crippen LogP contribution in [0.2, 0.25) is 0 Å². The average molecular weight is 467 g/mol. The number of hydrogen-bond acceptors (Lipinski definition) is 5. The molecule has 0 atom stereocenters. The van der Waals surface area contributed by atoms with E-state index >= 15 is 0 Å². The molecule has 0 aliphatic heterocycles. The van der Waals surface area contributed by atoms with Crippen molar-refractivity contribution in [2.45, 2.75) is 25.7 Å². The van der Waals surface area contributed by atoms with Gasteiger partial charge in [-0.15, -0.1) is 0 Å². The van der Waals surface area contributed by atoms with Crippen LogP contribution >= 0.6 is 0 Å². The lowest BCUT2D eigenvalue weighted by atomic mass is 10.2. The van der Waals surface area contributed by atoms with Crippen molar-refractivity contribution in [3.8, 4) is 0 Å². The Morgan fingerprint density at radius 3 is 2.12 bits per heavy atom. The largest absolute Gasteiger partial charge is 0.462 e. The van der Waals surface area contributed by atoms with Crippen LogP contribution in [0, 0.1) is 13.8 Å². The fourth-order valence-corrected chi connectivity index (χ4v) is 4.55. The van der Waals surface area contributed by atoms with Crippen molar-refractivity contribution in [1.29, 1.82) is 0 Å². The molecule has 0 heterocycles. The van der Waals surface area contributed by atoms with Crippen LogP contribution in [-0.2, 0) is 19.6 Å². The van der Waals surface area contributed by atoms with Crippen LogP contribution in [0.1, 0.15) is 28.4 Å². The third-order valence-electron chi connectivity index (χ3n) is 4.88. The Labute approximate surface area is 194 Å². The number of rotatable bonds is 8. The molecular formula is C25H26N2O5S. The van der Waals surface area contributed by atoms with Gasteiger partial charge >= 0.3 is 5.97 Å². The molecule has 0 fully saturated rings. The lowest BCUT2D eigenvalue weighted by molar-refractivity contribution is -0.114. The van der Waals surface area contributed by atoms with Gasteiger partial charge in [-0.2, -0.15) is 0 Å². The Kier molecular flexibility index (Phi) is 7.50. The Morgan fingerprint density at radius 1 is 0.909 bits per heavy atom. The highest BCUT2D eigenvalue weighted by Gasteiger charge is 2.27. The highest BCUT2D eigenvalue weighted by molar-refractivity contribution is 7.92. The summed E-state index contributed by atoms with van der Waals surface area (Å²) in [5, 5.41) is 2.67.